The first-order chi connectivity index (χ1) is 9.45. The van der Waals surface area contributed by atoms with Crippen molar-refractivity contribution in [2.75, 3.05) is 26.8 Å². The number of aromatic carboxylic acids is 1. The van der Waals surface area contributed by atoms with Gasteiger partial charge in [0.2, 0.25) is 0 Å². The van der Waals surface area contributed by atoms with Gasteiger partial charge in [-0.15, -0.1) is 0 Å². The Morgan fingerprint density at radius 2 is 2.00 bits per heavy atom. The predicted octanol–water partition coefficient (Wildman–Crippen LogP) is 1.74. The highest BCUT2D eigenvalue weighted by Crippen LogP contribution is 2.10. The molecule has 110 valence electrons. The number of ether oxygens (including phenoxy) is 1. The van der Waals surface area contributed by atoms with Gasteiger partial charge in [-0.25, -0.2) is 13.6 Å². The third-order valence-electron chi connectivity index (χ3n) is 2.57. The number of carboxylic acid groups (broad SMARTS) is 1. The fraction of sp³-hybridized carbons (Fsp3) is 0.385. The van der Waals surface area contributed by atoms with Crippen molar-refractivity contribution in [3.8, 4) is 0 Å². The number of methoxy groups -OCH3 is 1. The van der Waals surface area contributed by atoms with Crippen LogP contribution in [0, 0.1) is 0 Å². The molecule has 0 aliphatic heterocycles. The zero-order chi connectivity index (χ0) is 15.1. The summed E-state index contributed by atoms with van der Waals surface area (Å²) in [5.74, 6) is -1.83. The van der Waals surface area contributed by atoms with Gasteiger partial charge in [-0.3, -0.25) is 4.79 Å². The van der Waals surface area contributed by atoms with Gasteiger partial charge in [0.25, 0.3) is 12.3 Å². The van der Waals surface area contributed by atoms with E-state index in [4.69, 9.17) is 9.84 Å². The van der Waals surface area contributed by atoms with Crippen molar-refractivity contribution in [3.63, 3.8) is 0 Å². The number of benzene rings is 1. The van der Waals surface area contributed by atoms with Gasteiger partial charge in [0, 0.05) is 19.2 Å². The molecule has 1 amide bonds. The molecule has 0 unspecified atom stereocenters. The van der Waals surface area contributed by atoms with Crippen molar-refractivity contribution < 1.29 is 28.2 Å². The summed E-state index contributed by atoms with van der Waals surface area (Å²) in [6.07, 6.45) is -2.67. The van der Waals surface area contributed by atoms with E-state index in [1.807, 2.05) is 0 Å². The Morgan fingerprint density at radius 3 is 2.55 bits per heavy atom. The topological polar surface area (TPSA) is 66.8 Å². The van der Waals surface area contributed by atoms with E-state index in [1.54, 1.807) is 0 Å². The molecule has 1 rings (SSSR count). The lowest BCUT2D eigenvalue weighted by atomic mass is 10.1. The number of alkyl halides is 2. The molecule has 5 nitrogen and oxygen atoms in total. The van der Waals surface area contributed by atoms with Crippen molar-refractivity contribution in [1.82, 2.24) is 4.90 Å². The fourth-order valence-corrected chi connectivity index (χ4v) is 1.61. The summed E-state index contributed by atoms with van der Waals surface area (Å²) in [6.45, 7) is -0.590. The van der Waals surface area contributed by atoms with Crippen molar-refractivity contribution in [2.24, 2.45) is 0 Å². The maximum Gasteiger partial charge on any atom is 0.335 e. The van der Waals surface area contributed by atoms with E-state index >= 15 is 0 Å². The molecule has 0 fully saturated rings. The molecule has 1 N–H and O–H groups in total. The second-order valence-electron chi connectivity index (χ2n) is 4.02. The molecule has 0 spiro atoms. The summed E-state index contributed by atoms with van der Waals surface area (Å²) in [7, 11) is 1.40. The zero-order valence-electron chi connectivity index (χ0n) is 10.9. The molecule has 0 aliphatic carbocycles. The minimum Gasteiger partial charge on any atom is -0.478 e. The number of amides is 1. The van der Waals surface area contributed by atoms with E-state index < -0.39 is 24.8 Å². The third kappa shape index (κ3) is 4.58. The van der Waals surface area contributed by atoms with Gasteiger partial charge in [0.15, 0.2) is 0 Å². The number of rotatable bonds is 7. The van der Waals surface area contributed by atoms with Crippen LogP contribution in [0.25, 0.3) is 0 Å². The number of nitrogens with zero attached hydrogens (tertiary/aromatic N) is 1. The van der Waals surface area contributed by atoms with Crippen LogP contribution in [0.15, 0.2) is 24.3 Å². The molecule has 0 bridgehead atoms. The molecule has 1 aromatic carbocycles. The van der Waals surface area contributed by atoms with E-state index in [0.29, 0.717) is 0 Å². The van der Waals surface area contributed by atoms with Crippen molar-refractivity contribution in [1.29, 1.82) is 0 Å². The van der Waals surface area contributed by atoms with Crippen LogP contribution < -0.4 is 0 Å². The number of hydrogen-bond donors (Lipinski definition) is 1. The monoisotopic (exact) mass is 287 g/mol. The summed E-state index contributed by atoms with van der Waals surface area (Å²) in [6, 6.07) is 5.27. The summed E-state index contributed by atoms with van der Waals surface area (Å²) in [5.41, 5.74) is -0.0127. The highest BCUT2D eigenvalue weighted by atomic mass is 19.3. The average molecular weight is 287 g/mol. The van der Waals surface area contributed by atoms with Crippen LogP contribution in [-0.4, -0.2) is 55.1 Å². The Kier molecular flexibility index (Phi) is 6.05. The van der Waals surface area contributed by atoms with Gasteiger partial charge in [-0.05, 0) is 18.2 Å². The maximum absolute atomic E-state index is 12.5. The first kappa shape index (κ1) is 16.0. The van der Waals surface area contributed by atoms with Crippen LogP contribution >= 0.6 is 0 Å². The molecule has 0 aromatic heterocycles. The number of hydrogen-bond acceptors (Lipinski definition) is 3. The molecule has 1 aromatic rings. The lowest BCUT2D eigenvalue weighted by molar-refractivity contribution is 0.0478. The van der Waals surface area contributed by atoms with Gasteiger partial charge >= 0.3 is 5.97 Å². The zero-order valence-corrected chi connectivity index (χ0v) is 10.9. The second kappa shape index (κ2) is 7.54. The van der Waals surface area contributed by atoms with E-state index in [-0.39, 0.29) is 24.3 Å². The SMILES string of the molecule is COCCN(CC(F)F)C(=O)c1cccc(C(=O)O)c1. The number of carbonyl (C=O) groups is 2. The second-order valence-corrected chi connectivity index (χ2v) is 4.02. The van der Waals surface area contributed by atoms with Crippen LogP contribution in [0.5, 0.6) is 0 Å². The molecule has 0 atom stereocenters. The molecule has 0 heterocycles. The van der Waals surface area contributed by atoms with Gasteiger partial charge in [-0.2, -0.15) is 0 Å². The number of halogens is 2. The molecule has 0 saturated carbocycles. The summed E-state index contributed by atoms with van der Waals surface area (Å²) in [4.78, 5) is 23.9. The fourth-order valence-electron chi connectivity index (χ4n) is 1.61. The van der Waals surface area contributed by atoms with Crippen LogP contribution in [0.2, 0.25) is 0 Å². The first-order valence-corrected chi connectivity index (χ1v) is 5.85. The van der Waals surface area contributed by atoms with Crippen LogP contribution in [-0.2, 0) is 4.74 Å². The molecule has 20 heavy (non-hydrogen) atoms. The third-order valence-corrected chi connectivity index (χ3v) is 2.57. The Bertz CT molecular complexity index is 479. The molecule has 0 aliphatic rings. The standard InChI is InChI=1S/C13H15F2NO4/c1-20-6-5-16(8-11(14)15)12(17)9-3-2-4-10(7-9)13(18)19/h2-4,7,11H,5-6,8H2,1H3,(H,18,19). The normalized spacial score (nSPS) is 10.6. The Labute approximate surface area is 114 Å². The van der Waals surface area contributed by atoms with Crippen molar-refractivity contribution in [2.45, 2.75) is 6.43 Å². The summed E-state index contributed by atoms with van der Waals surface area (Å²) < 4.78 is 29.7. The smallest absolute Gasteiger partial charge is 0.335 e. The minimum absolute atomic E-state index is 0.0109. The highest BCUT2D eigenvalue weighted by Gasteiger charge is 2.20. The lowest BCUT2D eigenvalue weighted by Crippen LogP contribution is -2.37. The van der Waals surface area contributed by atoms with Gasteiger partial charge in [-0.1, -0.05) is 6.07 Å². The van der Waals surface area contributed by atoms with Gasteiger partial charge in [0.05, 0.1) is 18.7 Å². The lowest BCUT2D eigenvalue weighted by Gasteiger charge is -2.22. The molecular weight excluding hydrogens is 272 g/mol. The number of carboxylic acids is 1. The summed E-state index contributed by atoms with van der Waals surface area (Å²) >= 11 is 0. The number of carbonyl (C=O) groups excluding carboxylic acids is 1. The molecular formula is C13H15F2NO4. The van der Waals surface area contributed by atoms with E-state index in [1.165, 1.54) is 25.3 Å². The van der Waals surface area contributed by atoms with E-state index in [0.717, 1.165) is 11.0 Å². The van der Waals surface area contributed by atoms with Gasteiger partial charge < -0.3 is 14.7 Å². The average Bonchev–Trinajstić information content (AvgIpc) is 2.42. The molecule has 0 saturated heterocycles. The minimum atomic E-state index is -2.67. The maximum atomic E-state index is 12.5. The van der Waals surface area contributed by atoms with Gasteiger partial charge in [0.1, 0.15) is 0 Å². The quantitative estimate of drug-likeness (QED) is 0.829. The van der Waals surface area contributed by atoms with E-state index in [9.17, 15) is 18.4 Å². The van der Waals surface area contributed by atoms with Crippen LogP contribution in [0.1, 0.15) is 20.7 Å². The largest absolute Gasteiger partial charge is 0.478 e. The predicted molar refractivity (Wildman–Crippen MR) is 67.2 cm³/mol. The Balaban J connectivity index is 2.92. The highest BCUT2D eigenvalue weighted by molar-refractivity contribution is 5.97. The van der Waals surface area contributed by atoms with E-state index in [2.05, 4.69) is 0 Å². The first-order valence-electron chi connectivity index (χ1n) is 5.85. The Morgan fingerprint density at radius 1 is 1.35 bits per heavy atom. The Hall–Kier alpha value is -2.02. The molecule has 7 heteroatoms. The summed E-state index contributed by atoms with van der Waals surface area (Å²) in [5, 5.41) is 8.85. The van der Waals surface area contributed by atoms with Crippen molar-refractivity contribution >= 4 is 11.9 Å². The molecule has 0 radical (unpaired) electrons. The van der Waals surface area contributed by atoms with Crippen LogP contribution in [0.4, 0.5) is 8.78 Å². The van der Waals surface area contributed by atoms with Crippen LogP contribution in [0.3, 0.4) is 0 Å². The van der Waals surface area contributed by atoms with Crippen molar-refractivity contribution in [3.05, 3.63) is 35.4 Å².